The number of carbonyl (C=O) groups excluding carboxylic acids is 2. The van der Waals surface area contributed by atoms with E-state index in [1.165, 1.54) is 18.2 Å². The van der Waals surface area contributed by atoms with Crippen molar-refractivity contribution in [3.8, 4) is 0 Å². The Hall–Kier alpha value is -2.44. The van der Waals surface area contributed by atoms with Crippen LogP contribution in [0.3, 0.4) is 0 Å². The van der Waals surface area contributed by atoms with Crippen LogP contribution in [0.2, 0.25) is 0 Å². The molecule has 1 rings (SSSR count). The highest BCUT2D eigenvalue weighted by Gasteiger charge is 2.13. The number of nitro groups is 1. The first-order chi connectivity index (χ1) is 9.95. The van der Waals surface area contributed by atoms with Crippen molar-refractivity contribution < 1.29 is 19.2 Å². The maximum atomic E-state index is 11.9. The monoisotopic (exact) mass is 294 g/mol. The zero-order valence-electron chi connectivity index (χ0n) is 12.0. The number of nitrogens with zero attached hydrogens (tertiary/aromatic N) is 1. The summed E-state index contributed by atoms with van der Waals surface area (Å²) in [6.45, 7) is 3.99. The molecule has 0 bridgehead atoms. The number of hydrogen-bond donors (Lipinski definition) is 1. The van der Waals surface area contributed by atoms with Crippen LogP contribution in [0, 0.1) is 17.0 Å². The van der Waals surface area contributed by atoms with E-state index in [9.17, 15) is 19.7 Å². The van der Waals surface area contributed by atoms with Crippen LogP contribution >= 0.6 is 0 Å². The maximum Gasteiger partial charge on any atom is 0.305 e. The summed E-state index contributed by atoms with van der Waals surface area (Å²) >= 11 is 0. The van der Waals surface area contributed by atoms with E-state index in [-0.39, 0.29) is 24.0 Å². The molecule has 0 unspecified atom stereocenters. The number of esters is 1. The van der Waals surface area contributed by atoms with Crippen molar-refractivity contribution >= 4 is 17.6 Å². The van der Waals surface area contributed by atoms with Crippen LogP contribution in [0.5, 0.6) is 0 Å². The lowest BCUT2D eigenvalue weighted by molar-refractivity contribution is -0.385. The van der Waals surface area contributed by atoms with E-state index < -0.39 is 4.92 Å². The van der Waals surface area contributed by atoms with Gasteiger partial charge in [-0.3, -0.25) is 19.7 Å². The van der Waals surface area contributed by atoms with Gasteiger partial charge in [-0.05, 0) is 32.4 Å². The molecule has 0 aliphatic carbocycles. The third-order valence-electron chi connectivity index (χ3n) is 2.80. The van der Waals surface area contributed by atoms with E-state index in [0.717, 1.165) is 0 Å². The minimum Gasteiger partial charge on any atom is -0.466 e. The molecule has 1 aromatic rings. The fourth-order valence-electron chi connectivity index (χ4n) is 1.77. The Kier molecular flexibility index (Phi) is 6.32. The van der Waals surface area contributed by atoms with Crippen molar-refractivity contribution in [3.05, 3.63) is 39.4 Å². The van der Waals surface area contributed by atoms with Crippen LogP contribution in [0.1, 0.15) is 35.7 Å². The van der Waals surface area contributed by atoms with Crippen molar-refractivity contribution in [3.63, 3.8) is 0 Å². The zero-order chi connectivity index (χ0) is 15.8. The first kappa shape index (κ1) is 16.6. The quantitative estimate of drug-likeness (QED) is 0.359. The van der Waals surface area contributed by atoms with Crippen LogP contribution in [-0.4, -0.2) is 30.0 Å². The highest BCUT2D eigenvalue weighted by Crippen LogP contribution is 2.18. The van der Waals surface area contributed by atoms with Gasteiger partial charge in [-0.1, -0.05) is 0 Å². The Labute approximate surface area is 122 Å². The molecule has 0 heterocycles. The van der Waals surface area contributed by atoms with Crippen LogP contribution in [0.25, 0.3) is 0 Å². The standard InChI is InChI=1S/C14H18N2O5/c1-3-21-13(17)5-4-8-15-14(18)11-6-7-12(16(19)20)10(2)9-11/h6-7,9H,3-5,8H2,1-2H3,(H,15,18). The van der Waals surface area contributed by atoms with Gasteiger partial charge in [0, 0.05) is 30.2 Å². The van der Waals surface area contributed by atoms with Crippen molar-refractivity contribution in [2.24, 2.45) is 0 Å². The van der Waals surface area contributed by atoms with E-state index in [2.05, 4.69) is 5.32 Å². The molecule has 0 aliphatic rings. The van der Waals surface area contributed by atoms with Gasteiger partial charge in [-0.15, -0.1) is 0 Å². The molecule has 0 spiro atoms. The van der Waals surface area contributed by atoms with Gasteiger partial charge in [0.25, 0.3) is 11.6 Å². The molecule has 7 heteroatoms. The number of hydrogen-bond acceptors (Lipinski definition) is 5. The topological polar surface area (TPSA) is 98.5 Å². The molecule has 0 atom stereocenters. The van der Waals surface area contributed by atoms with Crippen molar-refractivity contribution in [1.29, 1.82) is 0 Å². The SMILES string of the molecule is CCOC(=O)CCCNC(=O)c1ccc([N+](=O)[O-])c(C)c1. The van der Waals surface area contributed by atoms with Gasteiger partial charge in [0.15, 0.2) is 0 Å². The second-order valence-electron chi connectivity index (χ2n) is 4.42. The Morgan fingerprint density at radius 2 is 2.10 bits per heavy atom. The Balaban J connectivity index is 2.47. The third kappa shape index (κ3) is 5.21. The molecular weight excluding hydrogens is 276 g/mol. The number of nitro benzene ring substituents is 1. The molecule has 21 heavy (non-hydrogen) atoms. The lowest BCUT2D eigenvalue weighted by Crippen LogP contribution is -2.25. The summed E-state index contributed by atoms with van der Waals surface area (Å²) in [6.07, 6.45) is 0.726. The van der Waals surface area contributed by atoms with Crippen molar-refractivity contribution in [2.45, 2.75) is 26.7 Å². The summed E-state index contributed by atoms with van der Waals surface area (Å²) in [6, 6.07) is 4.19. The van der Waals surface area contributed by atoms with Crippen LogP contribution in [0.4, 0.5) is 5.69 Å². The lowest BCUT2D eigenvalue weighted by atomic mass is 10.1. The lowest BCUT2D eigenvalue weighted by Gasteiger charge is -2.06. The highest BCUT2D eigenvalue weighted by molar-refractivity contribution is 5.94. The van der Waals surface area contributed by atoms with Crippen LogP contribution in [-0.2, 0) is 9.53 Å². The summed E-state index contributed by atoms with van der Waals surface area (Å²) < 4.78 is 4.77. The predicted molar refractivity (Wildman–Crippen MR) is 76.0 cm³/mol. The first-order valence-electron chi connectivity index (χ1n) is 6.64. The molecule has 1 N–H and O–H groups in total. The van der Waals surface area contributed by atoms with Gasteiger partial charge in [0.05, 0.1) is 11.5 Å². The minimum absolute atomic E-state index is 0.0196. The van der Waals surface area contributed by atoms with E-state index in [0.29, 0.717) is 30.7 Å². The van der Waals surface area contributed by atoms with Gasteiger partial charge in [-0.25, -0.2) is 0 Å². The van der Waals surface area contributed by atoms with Gasteiger partial charge in [0.2, 0.25) is 0 Å². The highest BCUT2D eigenvalue weighted by atomic mass is 16.6. The van der Waals surface area contributed by atoms with Gasteiger partial charge >= 0.3 is 5.97 Å². The van der Waals surface area contributed by atoms with E-state index in [1.807, 2.05) is 0 Å². The van der Waals surface area contributed by atoms with Gasteiger partial charge in [-0.2, -0.15) is 0 Å². The third-order valence-corrected chi connectivity index (χ3v) is 2.80. The number of rotatable bonds is 7. The summed E-state index contributed by atoms with van der Waals surface area (Å²) in [5, 5.41) is 13.3. The predicted octanol–water partition coefficient (Wildman–Crippen LogP) is 1.98. The van der Waals surface area contributed by atoms with Crippen molar-refractivity contribution in [2.75, 3.05) is 13.2 Å². The fourth-order valence-corrected chi connectivity index (χ4v) is 1.77. The summed E-state index contributed by atoms with van der Waals surface area (Å²) in [5.74, 6) is -0.616. The van der Waals surface area contributed by atoms with Crippen LogP contribution < -0.4 is 5.32 Å². The summed E-state index contributed by atoms with van der Waals surface area (Å²) in [5.41, 5.74) is 0.766. The number of amides is 1. The molecule has 0 aromatic heterocycles. The second-order valence-corrected chi connectivity index (χ2v) is 4.42. The van der Waals surface area contributed by atoms with E-state index >= 15 is 0 Å². The van der Waals surface area contributed by atoms with Gasteiger partial charge in [0.1, 0.15) is 0 Å². The first-order valence-corrected chi connectivity index (χ1v) is 6.64. The van der Waals surface area contributed by atoms with E-state index in [4.69, 9.17) is 4.74 Å². The summed E-state index contributed by atoms with van der Waals surface area (Å²) in [4.78, 5) is 33.2. The summed E-state index contributed by atoms with van der Waals surface area (Å²) in [7, 11) is 0. The Morgan fingerprint density at radius 1 is 1.38 bits per heavy atom. The Morgan fingerprint density at radius 3 is 2.67 bits per heavy atom. The molecule has 1 aromatic carbocycles. The maximum absolute atomic E-state index is 11.9. The molecule has 0 fully saturated rings. The molecule has 7 nitrogen and oxygen atoms in total. The number of ether oxygens (including phenoxy) is 1. The molecule has 0 radical (unpaired) electrons. The molecule has 0 saturated heterocycles. The molecule has 0 aliphatic heterocycles. The van der Waals surface area contributed by atoms with Gasteiger partial charge < -0.3 is 10.1 Å². The van der Waals surface area contributed by atoms with Crippen LogP contribution in [0.15, 0.2) is 18.2 Å². The van der Waals surface area contributed by atoms with E-state index in [1.54, 1.807) is 13.8 Å². The van der Waals surface area contributed by atoms with Crippen molar-refractivity contribution in [1.82, 2.24) is 5.32 Å². The largest absolute Gasteiger partial charge is 0.466 e. The average Bonchev–Trinajstić information content (AvgIpc) is 2.43. The molecule has 0 saturated carbocycles. The minimum atomic E-state index is -0.490. The number of nitrogens with one attached hydrogen (secondary N) is 1. The number of carbonyl (C=O) groups is 2. The molecule has 114 valence electrons. The zero-order valence-corrected chi connectivity index (χ0v) is 12.0. The number of aryl methyl sites for hydroxylation is 1. The average molecular weight is 294 g/mol. The second kappa shape index (κ2) is 7.98. The normalized spacial score (nSPS) is 10.0. The number of benzene rings is 1. The fraction of sp³-hybridized carbons (Fsp3) is 0.429. The smallest absolute Gasteiger partial charge is 0.305 e. The molecular formula is C14H18N2O5. The molecule has 1 amide bonds. The Bertz CT molecular complexity index is 542.